The smallest absolute Gasteiger partial charge is 0.251 e. The number of carbonyl (C=O) groups excluding carboxylic acids is 1. The van der Waals surface area contributed by atoms with Crippen molar-refractivity contribution in [1.29, 1.82) is 0 Å². The highest BCUT2D eigenvalue weighted by molar-refractivity contribution is 9.11. The number of halogens is 2. The quantitative estimate of drug-likeness (QED) is 0.832. The van der Waals surface area contributed by atoms with E-state index in [1.165, 1.54) is 0 Å². The SMILES string of the molecule is O=C(NCc1cccc2c1OCO2)c1cc(Br)cc(Br)c1. The number of fused-ring (bicyclic) bond motifs is 1. The molecule has 0 atom stereocenters. The van der Waals surface area contributed by atoms with E-state index in [1.807, 2.05) is 24.3 Å². The van der Waals surface area contributed by atoms with Gasteiger partial charge in [0.1, 0.15) is 0 Å². The number of carbonyl (C=O) groups is 1. The van der Waals surface area contributed by atoms with Gasteiger partial charge in [-0.1, -0.05) is 44.0 Å². The minimum atomic E-state index is -0.145. The van der Waals surface area contributed by atoms with Crippen LogP contribution in [0.1, 0.15) is 15.9 Å². The summed E-state index contributed by atoms with van der Waals surface area (Å²) in [5, 5.41) is 2.88. The Morgan fingerprint density at radius 1 is 1.14 bits per heavy atom. The summed E-state index contributed by atoms with van der Waals surface area (Å²) in [5.41, 5.74) is 1.48. The third-order valence-corrected chi connectivity index (χ3v) is 3.96. The van der Waals surface area contributed by atoms with Crippen LogP contribution in [-0.4, -0.2) is 12.7 Å². The molecule has 0 spiro atoms. The average Bonchev–Trinajstić information content (AvgIpc) is 2.92. The van der Waals surface area contributed by atoms with E-state index in [0.717, 1.165) is 14.5 Å². The number of nitrogens with one attached hydrogen (secondary N) is 1. The van der Waals surface area contributed by atoms with Crippen molar-refractivity contribution in [3.63, 3.8) is 0 Å². The fraction of sp³-hybridized carbons (Fsp3) is 0.133. The van der Waals surface area contributed by atoms with E-state index in [2.05, 4.69) is 37.2 Å². The Bertz CT molecular complexity index is 683. The van der Waals surface area contributed by atoms with Crippen LogP contribution in [-0.2, 0) is 6.54 Å². The Labute approximate surface area is 138 Å². The second-order valence-electron chi connectivity index (χ2n) is 4.49. The molecule has 0 unspecified atom stereocenters. The zero-order valence-corrected chi connectivity index (χ0v) is 14.0. The molecule has 1 amide bonds. The summed E-state index contributed by atoms with van der Waals surface area (Å²) >= 11 is 6.74. The lowest BCUT2D eigenvalue weighted by atomic mass is 10.1. The molecule has 3 rings (SSSR count). The van der Waals surface area contributed by atoms with Crippen molar-refractivity contribution < 1.29 is 14.3 Å². The number of benzene rings is 2. The molecular weight excluding hydrogens is 402 g/mol. The van der Waals surface area contributed by atoms with Crippen LogP contribution in [0.5, 0.6) is 11.5 Å². The van der Waals surface area contributed by atoms with Gasteiger partial charge in [0.25, 0.3) is 5.91 Å². The van der Waals surface area contributed by atoms with E-state index < -0.39 is 0 Å². The standard InChI is InChI=1S/C15H11Br2NO3/c16-11-4-10(5-12(17)6-11)15(19)18-7-9-2-1-3-13-14(9)21-8-20-13/h1-6H,7-8H2,(H,18,19). The third kappa shape index (κ3) is 3.22. The molecule has 2 aromatic carbocycles. The number of amides is 1. The highest BCUT2D eigenvalue weighted by Gasteiger charge is 2.17. The van der Waals surface area contributed by atoms with Crippen molar-refractivity contribution in [1.82, 2.24) is 5.32 Å². The number of para-hydroxylation sites is 1. The van der Waals surface area contributed by atoms with E-state index in [4.69, 9.17) is 9.47 Å². The Hall–Kier alpha value is -1.53. The van der Waals surface area contributed by atoms with Crippen molar-refractivity contribution in [2.75, 3.05) is 6.79 Å². The Morgan fingerprint density at radius 2 is 1.90 bits per heavy atom. The molecule has 2 aromatic rings. The fourth-order valence-electron chi connectivity index (χ4n) is 2.09. The lowest BCUT2D eigenvalue weighted by molar-refractivity contribution is 0.0950. The summed E-state index contributed by atoms with van der Waals surface area (Å²) in [4.78, 5) is 12.2. The Morgan fingerprint density at radius 3 is 2.67 bits per heavy atom. The normalized spacial score (nSPS) is 12.3. The van der Waals surface area contributed by atoms with Gasteiger partial charge in [0.2, 0.25) is 6.79 Å². The van der Waals surface area contributed by atoms with Crippen molar-refractivity contribution in [3.05, 3.63) is 56.5 Å². The van der Waals surface area contributed by atoms with Gasteiger partial charge in [0.15, 0.2) is 11.5 Å². The van der Waals surface area contributed by atoms with E-state index in [9.17, 15) is 4.79 Å². The van der Waals surface area contributed by atoms with Gasteiger partial charge in [-0.15, -0.1) is 0 Å². The molecule has 0 fully saturated rings. The number of ether oxygens (including phenoxy) is 2. The number of rotatable bonds is 3. The predicted molar refractivity (Wildman–Crippen MR) is 85.6 cm³/mol. The molecule has 1 aliphatic heterocycles. The monoisotopic (exact) mass is 411 g/mol. The molecule has 0 bridgehead atoms. The van der Waals surface area contributed by atoms with Crippen molar-refractivity contribution in [2.24, 2.45) is 0 Å². The summed E-state index contributed by atoms with van der Waals surface area (Å²) in [6.45, 7) is 0.606. The first-order valence-electron chi connectivity index (χ1n) is 6.25. The summed E-state index contributed by atoms with van der Waals surface area (Å²) in [6, 6.07) is 11.1. The van der Waals surface area contributed by atoms with E-state index >= 15 is 0 Å². The molecule has 0 radical (unpaired) electrons. The van der Waals surface area contributed by atoms with Crippen LogP contribution in [0.3, 0.4) is 0 Å². The van der Waals surface area contributed by atoms with E-state index in [1.54, 1.807) is 12.1 Å². The van der Waals surface area contributed by atoms with Crippen molar-refractivity contribution in [3.8, 4) is 11.5 Å². The molecule has 1 N–H and O–H groups in total. The Balaban J connectivity index is 1.73. The third-order valence-electron chi connectivity index (χ3n) is 3.04. The van der Waals surface area contributed by atoms with Gasteiger partial charge < -0.3 is 14.8 Å². The summed E-state index contributed by atoms with van der Waals surface area (Å²) < 4.78 is 12.4. The van der Waals surface area contributed by atoms with Gasteiger partial charge in [-0.05, 0) is 24.3 Å². The van der Waals surface area contributed by atoms with Gasteiger partial charge >= 0.3 is 0 Å². The minimum Gasteiger partial charge on any atom is -0.454 e. The molecule has 0 saturated heterocycles. The zero-order chi connectivity index (χ0) is 14.8. The molecule has 0 aromatic heterocycles. The molecule has 1 aliphatic rings. The summed E-state index contributed by atoms with van der Waals surface area (Å²) in [6.07, 6.45) is 0. The largest absolute Gasteiger partial charge is 0.454 e. The number of hydrogen-bond acceptors (Lipinski definition) is 3. The van der Waals surface area contributed by atoms with Crippen molar-refractivity contribution in [2.45, 2.75) is 6.54 Å². The second-order valence-corrected chi connectivity index (χ2v) is 6.32. The van der Waals surface area contributed by atoms with Crippen LogP contribution in [0, 0.1) is 0 Å². The summed E-state index contributed by atoms with van der Waals surface area (Å²) in [5.74, 6) is 1.27. The second kappa shape index (κ2) is 6.07. The molecule has 0 aliphatic carbocycles. The van der Waals surface area contributed by atoms with Crippen LogP contribution in [0.15, 0.2) is 45.3 Å². The highest BCUT2D eigenvalue weighted by atomic mass is 79.9. The van der Waals surface area contributed by atoms with Gasteiger partial charge in [0.05, 0.1) is 0 Å². The van der Waals surface area contributed by atoms with Crippen LogP contribution in [0.25, 0.3) is 0 Å². The summed E-state index contributed by atoms with van der Waals surface area (Å²) in [7, 11) is 0. The van der Waals surface area contributed by atoms with Crippen LogP contribution in [0.4, 0.5) is 0 Å². The van der Waals surface area contributed by atoms with Gasteiger partial charge in [-0.25, -0.2) is 0 Å². The van der Waals surface area contributed by atoms with Gasteiger partial charge in [-0.2, -0.15) is 0 Å². The molecule has 6 heteroatoms. The van der Waals surface area contributed by atoms with E-state index in [-0.39, 0.29) is 12.7 Å². The number of hydrogen-bond donors (Lipinski definition) is 1. The molecule has 4 nitrogen and oxygen atoms in total. The minimum absolute atomic E-state index is 0.145. The maximum absolute atomic E-state index is 12.2. The molecule has 21 heavy (non-hydrogen) atoms. The topological polar surface area (TPSA) is 47.6 Å². The lowest BCUT2D eigenvalue weighted by Crippen LogP contribution is -2.23. The lowest BCUT2D eigenvalue weighted by Gasteiger charge is -2.08. The van der Waals surface area contributed by atoms with Gasteiger partial charge in [0, 0.05) is 26.6 Å². The molecule has 108 valence electrons. The van der Waals surface area contributed by atoms with Crippen LogP contribution in [0.2, 0.25) is 0 Å². The first-order valence-corrected chi connectivity index (χ1v) is 7.84. The zero-order valence-electron chi connectivity index (χ0n) is 10.9. The van der Waals surface area contributed by atoms with Crippen LogP contribution < -0.4 is 14.8 Å². The first-order chi connectivity index (χ1) is 10.1. The maximum atomic E-state index is 12.2. The molecule has 1 heterocycles. The predicted octanol–water partition coefficient (Wildman–Crippen LogP) is 3.87. The maximum Gasteiger partial charge on any atom is 0.251 e. The molecular formula is C15H11Br2NO3. The van der Waals surface area contributed by atoms with Gasteiger partial charge in [-0.3, -0.25) is 4.79 Å². The van der Waals surface area contributed by atoms with Crippen LogP contribution >= 0.6 is 31.9 Å². The highest BCUT2D eigenvalue weighted by Crippen LogP contribution is 2.35. The van der Waals surface area contributed by atoms with E-state index in [0.29, 0.717) is 23.6 Å². The van der Waals surface area contributed by atoms with Crippen molar-refractivity contribution >= 4 is 37.8 Å². The first kappa shape index (κ1) is 14.4. The average molecular weight is 413 g/mol. The Kier molecular flexibility index (Phi) is 4.17. The fourth-order valence-corrected chi connectivity index (χ4v) is 3.39. The molecule has 0 saturated carbocycles.